The van der Waals surface area contributed by atoms with Gasteiger partial charge in [0, 0.05) is 19.0 Å². The van der Waals surface area contributed by atoms with E-state index in [1.165, 1.54) is 4.40 Å². The quantitative estimate of drug-likeness (QED) is 0.692. The number of aromatic amines is 1. The molecule has 2 N–H and O–H groups in total. The molecule has 0 aliphatic carbocycles. The fourth-order valence-electron chi connectivity index (χ4n) is 1.93. The van der Waals surface area contributed by atoms with E-state index in [1.54, 1.807) is 19.9 Å². The summed E-state index contributed by atoms with van der Waals surface area (Å²) in [5.41, 5.74) is 0.233. The van der Waals surface area contributed by atoms with E-state index in [4.69, 9.17) is 4.52 Å². The van der Waals surface area contributed by atoms with Crippen LogP contribution in [0.4, 0.5) is 5.82 Å². The topological polar surface area (TPSA) is 114 Å². The number of hydrogen-bond acceptors (Lipinski definition) is 7. The van der Waals surface area contributed by atoms with Crippen LogP contribution in [0.5, 0.6) is 0 Å². The number of nitrogens with zero attached hydrogens (tertiary/aromatic N) is 5. The van der Waals surface area contributed by atoms with Crippen LogP contribution in [0, 0.1) is 13.8 Å². The molecule has 0 saturated heterocycles. The molecule has 0 amide bonds. The minimum Gasteiger partial charge on any atom is -0.369 e. The number of rotatable bonds is 4. The third kappa shape index (κ3) is 2.25. The Labute approximate surface area is 113 Å². The van der Waals surface area contributed by atoms with E-state index in [0.29, 0.717) is 42.0 Å². The lowest BCUT2D eigenvalue weighted by Gasteiger charge is -2.05. The lowest BCUT2D eigenvalue weighted by molar-refractivity contribution is 0.377. The van der Waals surface area contributed by atoms with Gasteiger partial charge in [-0.05, 0) is 13.8 Å². The van der Waals surface area contributed by atoms with Crippen molar-refractivity contribution in [3.63, 3.8) is 0 Å². The van der Waals surface area contributed by atoms with Crippen molar-refractivity contribution in [3.05, 3.63) is 34.1 Å². The molecule has 9 heteroatoms. The highest BCUT2D eigenvalue weighted by atomic mass is 16.5. The van der Waals surface area contributed by atoms with Gasteiger partial charge < -0.3 is 9.84 Å². The number of aryl methyl sites for hydroxylation is 2. The van der Waals surface area contributed by atoms with Crippen molar-refractivity contribution >= 4 is 11.5 Å². The number of anilines is 1. The lowest BCUT2D eigenvalue weighted by atomic mass is 10.4. The Morgan fingerprint density at radius 3 is 3.00 bits per heavy atom. The molecule has 0 aliphatic heterocycles. The third-order valence-corrected chi connectivity index (χ3v) is 2.78. The zero-order chi connectivity index (χ0) is 14.1. The van der Waals surface area contributed by atoms with Crippen LogP contribution in [0.15, 0.2) is 15.4 Å². The van der Waals surface area contributed by atoms with Crippen LogP contribution in [-0.4, -0.2) is 36.3 Å². The molecule has 0 unspecified atom stereocenters. The molecule has 0 aromatic carbocycles. The van der Waals surface area contributed by atoms with Gasteiger partial charge in [0.15, 0.2) is 11.5 Å². The molecule has 0 fully saturated rings. The Bertz CT molecular complexity index is 801. The fourth-order valence-corrected chi connectivity index (χ4v) is 1.93. The molecule has 0 atom stereocenters. The van der Waals surface area contributed by atoms with E-state index < -0.39 is 0 Å². The summed E-state index contributed by atoms with van der Waals surface area (Å²) < 4.78 is 6.42. The van der Waals surface area contributed by atoms with Crippen LogP contribution >= 0.6 is 0 Å². The normalized spacial score (nSPS) is 11.1. The molecule has 3 rings (SSSR count). The molecule has 0 saturated carbocycles. The molecule has 0 aliphatic rings. The molecule has 3 aromatic rings. The number of aromatic nitrogens is 6. The maximum Gasteiger partial charge on any atom is 0.349 e. The number of hydrogen-bond donors (Lipinski definition) is 2. The minimum absolute atomic E-state index is 0.294. The maximum atomic E-state index is 11.5. The second kappa shape index (κ2) is 4.76. The first-order valence-corrected chi connectivity index (χ1v) is 6.11. The summed E-state index contributed by atoms with van der Waals surface area (Å²) >= 11 is 0. The number of fused-ring (bicyclic) bond motifs is 1. The van der Waals surface area contributed by atoms with Gasteiger partial charge in [-0.15, -0.1) is 0 Å². The highest BCUT2D eigenvalue weighted by Crippen LogP contribution is 2.08. The molecule has 3 aromatic heterocycles. The van der Waals surface area contributed by atoms with Gasteiger partial charge in [-0.2, -0.15) is 10.1 Å². The van der Waals surface area contributed by atoms with Gasteiger partial charge in [-0.3, -0.25) is 0 Å². The van der Waals surface area contributed by atoms with Crippen molar-refractivity contribution in [1.29, 1.82) is 0 Å². The number of nitrogens with one attached hydrogen (secondary N) is 2. The zero-order valence-electron chi connectivity index (χ0n) is 11.0. The summed E-state index contributed by atoms with van der Waals surface area (Å²) in [6, 6.07) is 1.70. The molecule has 0 spiro atoms. The molecule has 104 valence electrons. The van der Waals surface area contributed by atoms with Gasteiger partial charge in [0.2, 0.25) is 5.89 Å². The van der Waals surface area contributed by atoms with Crippen LogP contribution in [0.3, 0.4) is 0 Å². The minimum atomic E-state index is -0.294. The van der Waals surface area contributed by atoms with E-state index in [1.807, 2.05) is 0 Å². The average Bonchev–Trinajstić information content (AvgIpc) is 2.97. The monoisotopic (exact) mass is 275 g/mol. The van der Waals surface area contributed by atoms with Crippen LogP contribution in [0.25, 0.3) is 5.65 Å². The van der Waals surface area contributed by atoms with E-state index in [0.717, 1.165) is 0 Å². The van der Waals surface area contributed by atoms with E-state index in [9.17, 15) is 4.79 Å². The summed E-state index contributed by atoms with van der Waals surface area (Å²) in [4.78, 5) is 19.9. The smallest absolute Gasteiger partial charge is 0.349 e. The van der Waals surface area contributed by atoms with Gasteiger partial charge >= 0.3 is 5.69 Å². The lowest BCUT2D eigenvalue weighted by Crippen LogP contribution is -2.14. The molecule has 3 heterocycles. The zero-order valence-corrected chi connectivity index (χ0v) is 11.0. The highest BCUT2D eigenvalue weighted by Gasteiger charge is 2.07. The summed E-state index contributed by atoms with van der Waals surface area (Å²) in [6.07, 6.45) is 0.597. The summed E-state index contributed by atoms with van der Waals surface area (Å²) in [5, 5.41) is 13.2. The van der Waals surface area contributed by atoms with Gasteiger partial charge in [-0.25, -0.2) is 19.3 Å². The van der Waals surface area contributed by atoms with Crippen molar-refractivity contribution in [3.8, 4) is 0 Å². The first-order chi connectivity index (χ1) is 9.63. The van der Waals surface area contributed by atoms with Crippen LogP contribution in [0.2, 0.25) is 0 Å². The van der Waals surface area contributed by atoms with Crippen LogP contribution in [0.1, 0.15) is 17.5 Å². The van der Waals surface area contributed by atoms with E-state index >= 15 is 0 Å². The second-order valence-corrected chi connectivity index (χ2v) is 4.32. The highest BCUT2D eigenvalue weighted by molar-refractivity contribution is 5.49. The van der Waals surface area contributed by atoms with Crippen molar-refractivity contribution in [2.24, 2.45) is 0 Å². The van der Waals surface area contributed by atoms with Gasteiger partial charge in [0.1, 0.15) is 11.6 Å². The van der Waals surface area contributed by atoms with Gasteiger partial charge in [0.25, 0.3) is 0 Å². The SMILES string of the molecule is Cc1noc(CCNc2cc3n[nH]c(=O)n3c(C)n2)n1. The second-order valence-electron chi connectivity index (χ2n) is 4.32. The Kier molecular flexibility index (Phi) is 2.93. The van der Waals surface area contributed by atoms with Crippen molar-refractivity contribution in [1.82, 2.24) is 29.7 Å². The van der Waals surface area contributed by atoms with Crippen molar-refractivity contribution in [2.45, 2.75) is 20.3 Å². The largest absolute Gasteiger partial charge is 0.369 e. The molecule has 9 nitrogen and oxygen atoms in total. The van der Waals surface area contributed by atoms with Crippen LogP contribution in [-0.2, 0) is 6.42 Å². The summed E-state index contributed by atoms with van der Waals surface area (Å²) in [5.74, 6) is 2.40. The Morgan fingerprint density at radius 1 is 1.40 bits per heavy atom. The van der Waals surface area contributed by atoms with Crippen molar-refractivity contribution in [2.75, 3.05) is 11.9 Å². The predicted octanol–water partition coefficient (Wildman–Crippen LogP) is 0.0720. The Morgan fingerprint density at radius 2 is 2.25 bits per heavy atom. The predicted molar refractivity (Wildman–Crippen MR) is 69.6 cm³/mol. The average molecular weight is 275 g/mol. The molecule has 0 radical (unpaired) electrons. The third-order valence-electron chi connectivity index (χ3n) is 2.78. The van der Waals surface area contributed by atoms with E-state index in [-0.39, 0.29) is 5.69 Å². The molecular formula is C11H13N7O2. The summed E-state index contributed by atoms with van der Waals surface area (Å²) in [6.45, 7) is 4.12. The molecule has 0 bridgehead atoms. The molecule has 20 heavy (non-hydrogen) atoms. The number of H-pyrrole nitrogens is 1. The van der Waals surface area contributed by atoms with Crippen molar-refractivity contribution < 1.29 is 4.52 Å². The molecular weight excluding hydrogens is 262 g/mol. The maximum absolute atomic E-state index is 11.5. The standard InChI is InChI=1S/C11H13N7O2/c1-6-13-10(20-17-6)3-4-12-8-5-9-15-16-11(19)18(9)7(2)14-8/h5,12H,3-4H2,1-2H3,(H,16,19). The van der Waals surface area contributed by atoms with Gasteiger partial charge in [0.05, 0.1) is 0 Å². The Hall–Kier alpha value is -2.71. The Balaban J connectivity index is 1.73. The van der Waals surface area contributed by atoms with Gasteiger partial charge in [-0.1, -0.05) is 5.16 Å². The first-order valence-electron chi connectivity index (χ1n) is 6.11. The summed E-state index contributed by atoms with van der Waals surface area (Å²) in [7, 11) is 0. The van der Waals surface area contributed by atoms with E-state index in [2.05, 4.69) is 30.6 Å². The fraction of sp³-hybridized carbons (Fsp3) is 0.364. The van der Waals surface area contributed by atoms with Crippen LogP contribution < -0.4 is 11.0 Å². The first kappa shape index (κ1) is 12.3.